The minimum absolute atomic E-state index is 0.0317. The second-order valence-corrected chi connectivity index (χ2v) is 6.29. The van der Waals surface area contributed by atoms with E-state index in [4.69, 9.17) is 27.9 Å². The van der Waals surface area contributed by atoms with Gasteiger partial charge in [0.2, 0.25) is 5.28 Å². The van der Waals surface area contributed by atoms with E-state index in [0.29, 0.717) is 16.8 Å². The lowest BCUT2D eigenvalue weighted by Crippen LogP contribution is -2.17. The largest absolute Gasteiger partial charge is 0.358 e. The molecule has 4 aromatic rings. The van der Waals surface area contributed by atoms with Crippen LogP contribution in [-0.4, -0.2) is 46.1 Å². The molecule has 1 unspecified atom stereocenters. The van der Waals surface area contributed by atoms with Crippen molar-refractivity contribution in [1.82, 2.24) is 39.5 Å². The van der Waals surface area contributed by atoms with Gasteiger partial charge in [-0.3, -0.25) is 4.57 Å². The second-order valence-electron chi connectivity index (χ2n) is 5.59. The van der Waals surface area contributed by atoms with E-state index in [9.17, 15) is 0 Å². The summed E-state index contributed by atoms with van der Waals surface area (Å²) in [4.78, 5) is 26.7. The number of rotatable bonds is 1. The van der Waals surface area contributed by atoms with E-state index in [1.807, 2.05) is 4.57 Å². The summed E-state index contributed by atoms with van der Waals surface area (Å²) in [5.41, 5.74) is 2.77. The molecule has 134 valence electrons. The highest BCUT2D eigenvalue weighted by atomic mass is 35.5. The van der Waals surface area contributed by atoms with Crippen LogP contribution in [0.2, 0.25) is 10.4 Å². The average Bonchev–Trinajstić information content (AvgIpc) is 3.29. The Hall–Kier alpha value is -2.36. The molecule has 0 spiro atoms. The maximum atomic E-state index is 5.96. The molecule has 26 heavy (non-hydrogen) atoms. The van der Waals surface area contributed by atoms with Gasteiger partial charge in [-0.2, -0.15) is 4.98 Å². The molecule has 0 radical (unpaired) electrons. The molecule has 0 aliphatic carbocycles. The Kier molecular flexibility index (Phi) is 4.91. The molecular weight excluding hydrogens is 379 g/mol. The summed E-state index contributed by atoms with van der Waals surface area (Å²) < 4.78 is 7.56. The van der Waals surface area contributed by atoms with E-state index < -0.39 is 0 Å². The molecule has 1 atom stereocenters. The first-order valence-electron chi connectivity index (χ1n) is 7.98. The van der Waals surface area contributed by atoms with Gasteiger partial charge in [0, 0.05) is 6.61 Å². The van der Waals surface area contributed by atoms with Crippen LogP contribution in [0.15, 0.2) is 25.2 Å². The van der Waals surface area contributed by atoms with Crippen molar-refractivity contribution in [3.8, 4) is 0 Å². The van der Waals surface area contributed by atoms with Crippen molar-refractivity contribution in [1.29, 1.82) is 0 Å². The molecule has 0 amide bonds. The Morgan fingerprint density at radius 3 is 2.88 bits per heavy atom. The second kappa shape index (κ2) is 7.48. The molecule has 1 aliphatic rings. The molecule has 11 heteroatoms. The lowest BCUT2D eigenvalue weighted by molar-refractivity contribution is -0.0298. The minimum Gasteiger partial charge on any atom is -0.358 e. The van der Waals surface area contributed by atoms with Gasteiger partial charge >= 0.3 is 0 Å². The van der Waals surface area contributed by atoms with Crippen LogP contribution in [0, 0.1) is 0 Å². The normalized spacial score (nSPS) is 17.2. The van der Waals surface area contributed by atoms with Gasteiger partial charge in [0.1, 0.15) is 23.6 Å². The number of hydrogen-bond donors (Lipinski definition) is 1. The first-order chi connectivity index (χ1) is 12.7. The highest BCUT2D eigenvalue weighted by Gasteiger charge is 2.20. The lowest BCUT2D eigenvalue weighted by atomic mass is 10.2. The third-order valence-electron chi connectivity index (χ3n) is 3.92. The van der Waals surface area contributed by atoms with Gasteiger partial charge < -0.3 is 9.72 Å². The van der Waals surface area contributed by atoms with Gasteiger partial charge in [0.15, 0.2) is 16.4 Å². The summed E-state index contributed by atoms with van der Waals surface area (Å²) in [5, 5.41) is 0.398. The molecule has 9 nitrogen and oxygen atoms in total. The molecule has 1 aliphatic heterocycles. The Morgan fingerprint density at radius 1 is 1.15 bits per heavy atom. The van der Waals surface area contributed by atoms with Gasteiger partial charge in [-0.25, -0.2) is 24.9 Å². The molecule has 4 aromatic heterocycles. The highest BCUT2D eigenvalue weighted by Crippen LogP contribution is 2.28. The highest BCUT2D eigenvalue weighted by molar-refractivity contribution is 6.35. The standard InChI is InChI=1S/C10H10Cl2N4O.C5H4N4/c11-8-7-9(15-10(12)14-8)16(5-13-7)6-3-1-2-4-17-6;1-4-5(8-2-6-1)9-3-7-4/h5-6H,1-4H2;1-3H,(H,6,7,8,9). The molecule has 1 N–H and O–H groups in total. The van der Waals surface area contributed by atoms with Crippen LogP contribution >= 0.6 is 23.2 Å². The minimum atomic E-state index is -0.0317. The molecule has 5 rings (SSSR count). The zero-order valence-electron chi connectivity index (χ0n) is 13.5. The molecule has 1 saturated heterocycles. The van der Waals surface area contributed by atoms with Gasteiger partial charge in [-0.05, 0) is 30.9 Å². The fourth-order valence-corrected chi connectivity index (χ4v) is 3.12. The summed E-state index contributed by atoms with van der Waals surface area (Å²) >= 11 is 11.8. The lowest BCUT2D eigenvalue weighted by Gasteiger charge is -2.23. The van der Waals surface area contributed by atoms with Crippen LogP contribution in [-0.2, 0) is 4.74 Å². The average molecular weight is 393 g/mol. The van der Waals surface area contributed by atoms with Crippen LogP contribution < -0.4 is 0 Å². The van der Waals surface area contributed by atoms with Crippen molar-refractivity contribution in [3.05, 3.63) is 35.6 Å². The van der Waals surface area contributed by atoms with Crippen LogP contribution in [0.25, 0.3) is 22.3 Å². The van der Waals surface area contributed by atoms with Crippen molar-refractivity contribution in [3.63, 3.8) is 0 Å². The smallest absolute Gasteiger partial charge is 0.225 e. The first-order valence-corrected chi connectivity index (χ1v) is 8.74. The third kappa shape index (κ3) is 3.46. The maximum absolute atomic E-state index is 5.96. The SMILES string of the molecule is Clc1nc(Cl)c2ncn(C3CCCCO3)c2n1.c1ncc2[nH]cnc2n1. The monoisotopic (exact) mass is 392 g/mol. The van der Waals surface area contributed by atoms with Gasteiger partial charge in [-0.1, -0.05) is 11.6 Å². The zero-order chi connectivity index (χ0) is 17.9. The van der Waals surface area contributed by atoms with E-state index in [1.54, 1.807) is 18.9 Å². The van der Waals surface area contributed by atoms with E-state index in [-0.39, 0.29) is 16.7 Å². The number of hydrogen-bond acceptors (Lipinski definition) is 7. The van der Waals surface area contributed by atoms with Gasteiger partial charge in [0.25, 0.3) is 0 Å². The van der Waals surface area contributed by atoms with E-state index in [2.05, 4.69) is 34.9 Å². The van der Waals surface area contributed by atoms with Crippen molar-refractivity contribution in [2.45, 2.75) is 25.5 Å². The van der Waals surface area contributed by atoms with E-state index >= 15 is 0 Å². The maximum Gasteiger partial charge on any atom is 0.225 e. The van der Waals surface area contributed by atoms with E-state index in [1.165, 1.54) is 6.33 Å². The number of H-pyrrole nitrogens is 1. The van der Waals surface area contributed by atoms with E-state index in [0.717, 1.165) is 31.4 Å². The molecule has 0 aromatic carbocycles. The molecular formula is C15H14Cl2N8O. The van der Waals surface area contributed by atoms with Crippen LogP contribution in [0.5, 0.6) is 0 Å². The van der Waals surface area contributed by atoms with Crippen molar-refractivity contribution in [2.24, 2.45) is 0 Å². The van der Waals surface area contributed by atoms with Crippen LogP contribution in [0.1, 0.15) is 25.5 Å². The fraction of sp³-hybridized carbons (Fsp3) is 0.333. The van der Waals surface area contributed by atoms with Crippen LogP contribution in [0.3, 0.4) is 0 Å². The molecule has 5 heterocycles. The molecule has 0 bridgehead atoms. The third-order valence-corrected chi connectivity index (χ3v) is 4.35. The summed E-state index contributed by atoms with van der Waals surface area (Å²) in [6, 6.07) is 0. The first kappa shape index (κ1) is 17.1. The Balaban J connectivity index is 0.000000157. The molecule has 1 fully saturated rings. The fourth-order valence-electron chi connectivity index (χ4n) is 2.70. The Morgan fingerprint density at radius 2 is 2.08 bits per heavy atom. The summed E-state index contributed by atoms with van der Waals surface area (Å²) in [6.45, 7) is 0.761. The van der Waals surface area contributed by atoms with Gasteiger partial charge in [0.05, 0.1) is 18.9 Å². The van der Waals surface area contributed by atoms with Crippen molar-refractivity contribution in [2.75, 3.05) is 6.61 Å². The van der Waals surface area contributed by atoms with Crippen LogP contribution in [0.4, 0.5) is 0 Å². The number of aromatic nitrogens is 8. The number of fused-ring (bicyclic) bond motifs is 2. The number of imidazole rings is 2. The Labute approximate surface area is 157 Å². The van der Waals surface area contributed by atoms with Crippen molar-refractivity contribution >= 4 is 45.5 Å². The zero-order valence-corrected chi connectivity index (χ0v) is 15.0. The quantitative estimate of drug-likeness (QED) is 0.391. The van der Waals surface area contributed by atoms with Crippen molar-refractivity contribution < 1.29 is 4.74 Å². The molecule has 0 saturated carbocycles. The predicted molar refractivity (Wildman–Crippen MR) is 95.9 cm³/mol. The summed E-state index contributed by atoms with van der Waals surface area (Å²) in [7, 11) is 0. The number of nitrogens with one attached hydrogen (secondary N) is 1. The number of nitrogens with zero attached hydrogens (tertiary/aromatic N) is 7. The predicted octanol–water partition coefficient (Wildman–Crippen LogP) is 3.19. The van der Waals surface area contributed by atoms with Gasteiger partial charge in [-0.15, -0.1) is 0 Å². The summed E-state index contributed by atoms with van der Waals surface area (Å²) in [6.07, 6.45) is 9.59. The topological polar surface area (TPSA) is 107 Å². The number of aromatic amines is 1. The number of halogens is 2. The summed E-state index contributed by atoms with van der Waals surface area (Å²) in [5.74, 6) is 0. The number of ether oxygens (including phenoxy) is 1. The Bertz CT molecular complexity index is 997.